The Hall–Kier alpha value is -1.51. The highest BCUT2D eigenvalue weighted by molar-refractivity contribution is 7.98. The maximum atomic E-state index is 12.4. The van der Waals surface area contributed by atoms with Gasteiger partial charge in [-0.3, -0.25) is 14.9 Å². The first kappa shape index (κ1) is 22.5. The van der Waals surface area contributed by atoms with Crippen molar-refractivity contribution in [1.29, 1.82) is 0 Å². The van der Waals surface area contributed by atoms with Crippen LogP contribution in [0, 0.1) is 10.1 Å². The number of benzene rings is 1. The van der Waals surface area contributed by atoms with Gasteiger partial charge in [-0.2, -0.15) is 0 Å². The quantitative estimate of drug-likeness (QED) is 0.389. The van der Waals surface area contributed by atoms with Crippen LogP contribution in [0.15, 0.2) is 17.0 Å². The number of unbranched alkanes of at least 4 members (excludes halogenated alkanes) is 1. The Labute approximate surface area is 152 Å². The smallest absolute Gasteiger partial charge is 0.285 e. The number of rotatable bonds is 9. The van der Waals surface area contributed by atoms with E-state index in [1.165, 1.54) is 31.0 Å². The van der Waals surface area contributed by atoms with Crippen LogP contribution in [0.2, 0.25) is 0 Å². The van der Waals surface area contributed by atoms with E-state index in [2.05, 4.69) is 12.2 Å². The first-order valence-electron chi connectivity index (χ1n) is 7.39. The molecule has 0 aromatic heterocycles. The molecule has 7 nitrogen and oxygen atoms in total. The average molecular weight is 378 g/mol. The van der Waals surface area contributed by atoms with Crippen molar-refractivity contribution in [3.05, 3.63) is 27.8 Å². The molecule has 0 aliphatic rings. The molecule has 0 aliphatic heterocycles. The lowest BCUT2D eigenvalue weighted by molar-refractivity contribution is -0.385. The van der Waals surface area contributed by atoms with Gasteiger partial charge in [-0.05, 0) is 18.7 Å². The van der Waals surface area contributed by atoms with Gasteiger partial charge in [-0.25, -0.2) is 0 Å². The van der Waals surface area contributed by atoms with Crippen molar-refractivity contribution in [2.75, 3.05) is 19.9 Å². The van der Waals surface area contributed by atoms with Gasteiger partial charge < -0.3 is 15.8 Å². The van der Waals surface area contributed by atoms with E-state index in [1.807, 2.05) is 6.26 Å². The molecule has 1 aromatic carbocycles. The Balaban J connectivity index is 0.00000529. The number of methoxy groups -OCH3 is 1. The highest BCUT2D eigenvalue weighted by Gasteiger charge is 2.25. The zero-order chi connectivity index (χ0) is 17.4. The van der Waals surface area contributed by atoms with Crippen molar-refractivity contribution in [3.8, 4) is 5.75 Å². The summed E-state index contributed by atoms with van der Waals surface area (Å²) >= 11 is 1.36. The summed E-state index contributed by atoms with van der Waals surface area (Å²) in [6.45, 7) is 2.35. The van der Waals surface area contributed by atoms with Crippen LogP contribution in [-0.2, 0) is 0 Å². The number of nitrogens with one attached hydrogen (secondary N) is 1. The molecule has 136 valence electrons. The molecule has 3 N–H and O–H groups in total. The van der Waals surface area contributed by atoms with Crippen molar-refractivity contribution in [3.63, 3.8) is 0 Å². The van der Waals surface area contributed by atoms with E-state index >= 15 is 0 Å². The Bertz CT molecular complexity index is 572. The number of nitrogens with two attached hydrogens (primary N) is 1. The molecule has 1 atom stereocenters. The molecular weight excluding hydrogens is 354 g/mol. The normalized spacial score (nSPS) is 11.3. The topological polar surface area (TPSA) is 107 Å². The van der Waals surface area contributed by atoms with E-state index in [9.17, 15) is 14.9 Å². The fraction of sp³-hybridized carbons (Fsp3) is 0.533. The number of nitrogens with zero attached hydrogens (tertiary/aromatic N) is 1. The maximum Gasteiger partial charge on any atom is 0.285 e. The van der Waals surface area contributed by atoms with Gasteiger partial charge in [0.1, 0.15) is 11.3 Å². The number of nitro benzene ring substituents is 1. The van der Waals surface area contributed by atoms with Crippen LogP contribution in [0.25, 0.3) is 0 Å². The summed E-state index contributed by atoms with van der Waals surface area (Å²) in [7, 11) is 1.44. The lowest BCUT2D eigenvalue weighted by atomic mass is 10.1. The first-order valence-corrected chi connectivity index (χ1v) is 8.62. The largest absolute Gasteiger partial charge is 0.495 e. The zero-order valence-electron chi connectivity index (χ0n) is 14.0. The SMILES string of the molecule is CCCCC(CN)NC(=O)c1cc(SC)c(OC)cc1[N+](=O)[O-].Cl. The van der Waals surface area contributed by atoms with Crippen LogP contribution in [0.5, 0.6) is 5.75 Å². The Morgan fingerprint density at radius 1 is 1.50 bits per heavy atom. The molecule has 1 aromatic rings. The van der Waals surface area contributed by atoms with Gasteiger partial charge in [-0.1, -0.05) is 19.8 Å². The Morgan fingerprint density at radius 3 is 2.62 bits per heavy atom. The molecule has 1 amide bonds. The number of nitro groups is 1. The monoisotopic (exact) mass is 377 g/mol. The second-order valence-corrected chi connectivity index (χ2v) is 5.88. The summed E-state index contributed by atoms with van der Waals surface area (Å²) in [6, 6.07) is 2.58. The number of hydrogen-bond donors (Lipinski definition) is 2. The molecule has 0 heterocycles. The fourth-order valence-corrected chi connectivity index (χ4v) is 2.74. The molecule has 1 unspecified atom stereocenters. The van der Waals surface area contributed by atoms with E-state index in [1.54, 1.807) is 0 Å². The number of ether oxygens (including phenoxy) is 1. The van der Waals surface area contributed by atoms with E-state index in [-0.39, 0.29) is 29.7 Å². The van der Waals surface area contributed by atoms with Crippen molar-refractivity contribution >= 4 is 35.8 Å². The summed E-state index contributed by atoms with van der Waals surface area (Å²) in [5, 5.41) is 14.0. The summed E-state index contributed by atoms with van der Waals surface area (Å²) in [4.78, 5) is 23.8. The lowest BCUT2D eigenvalue weighted by Gasteiger charge is -2.17. The number of hydrogen-bond acceptors (Lipinski definition) is 6. The average Bonchev–Trinajstić information content (AvgIpc) is 2.56. The van der Waals surface area contributed by atoms with Gasteiger partial charge >= 0.3 is 0 Å². The number of thioether (sulfide) groups is 1. The van der Waals surface area contributed by atoms with Crippen LogP contribution in [-0.4, -0.2) is 36.8 Å². The minimum absolute atomic E-state index is 0. The molecule has 0 spiro atoms. The van der Waals surface area contributed by atoms with Crippen LogP contribution in [0.1, 0.15) is 36.5 Å². The van der Waals surface area contributed by atoms with E-state index in [0.717, 1.165) is 19.3 Å². The number of carbonyl (C=O) groups is 1. The van der Waals surface area contributed by atoms with Crippen LogP contribution in [0.4, 0.5) is 5.69 Å². The molecule has 1 rings (SSSR count). The predicted octanol–water partition coefficient (Wildman–Crippen LogP) is 2.99. The minimum atomic E-state index is -0.578. The molecule has 0 fully saturated rings. The fourth-order valence-electron chi connectivity index (χ4n) is 2.16. The highest BCUT2D eigenvalue weighted by Crippen LogP contribution is 2.34. The van der Waals surface area contributed by atoms with Gasteiger partial charge in [0, 0.05) is 12.6 Å². The van der Waals surface area contributed by atoms with E-state index in [0.29, 0.717) is 17.2 Å². The number of amides is 1. The molecular formula is C15H24ClN3O4S. The van der Waals surface area contributed by atoms with Crippen molar-refractivity contribution in [1.82, 2.24) is 5.32 Å². The first-order chi connectivity index (χ1) is 11.0. The Kier molecular flexibility index (Phi) is 10.4. The summed E-state index contributed by atoms with van der Waals surface area (Å²) < 4.78 is 5.14. The van der Waals surface area contributed by atoms with Crippen molar-refractivity contribution in [2.24, 2.45) is 5.73 Å². The second-order valence-electron chi connectivity index (χ2n) is 5.03. The number of halogens is 1. The predicted molar refractivity (Wildman–Crippen MR) is 98.5 cm³/mol. The van der Waals surface area contributed by atoms with Gasteiger partial charge in [0.05, 0.1) is 23.0 Å². The van der Waals surface area contributed by atoms with Crippen LogP contribution < -0.4 is 15.8 Å². The van der Waals surface area contributed by atoms with E-state index < -0.39 is 10.8 Å². The molecule has 0 saturated heterocycles. The summed E-state index contributed by atoms with van der Waals surface area (Å²) in [5.74, 6) is -0.108. The summed E-state index contributed by atoms with van der Waals surface area (Å²) in [5.41, 5.74) is 5.42. The maximum absolute atomic E-state index is 12.4. The summed E-state index contributed by atoms with van der Waals surface area (Å²) in [6.07, 6.45) is 4.49. The van der Waals surface area contributed by atoms with Gasteiger partial charge in [0.25, 0.3) is 11.6 Å². The van der Waals surface area contributed by atoms with Crippen molar-refractivity contribution < 1.29 is 14.5 Å². The third-order valence-corrected chi connectivity index (χ3v) is 4.23. The molecule has 0 aliphatic carbocycles. The highest BCUT2D eigenvalue weighted by atomic mass is 35.5. The molecule has 0 radical (unpaired) electrons. The van der Waals surface area contributed by atoms with E-state index in [4.69, 9.17) is 10.5 Å². The molecule has 0 bridgehead atoms. The third kappa shape index (κ3) is 5.85. The van der Waals surface area contributed by atoms with Crippen LogP contribution in [0.3, 0.4) is 0 Å². The van der Waals surface area contributed by atoms with Gasteiger partial charge in [0.15, 0.2) is 0 Å². The third-order valence-electron chi connectivity index (χ3n) is 3.47. The minimum Gasteiger partial charge on any atom is -0.495 e. The second kappa shape index (κ2) is 11.1. The number of carbonyl (C=O) groups excluding carboxylic acids is 1. The van der Waals surface area contributed by atoms with Gasteiger partial charge in [0.2, 0.25) is 0 Å². The van der Waals surface area contributed by atoms with Crippen molar-refractivity contribution in [2.45, 2.75) is 37.1 Å². The molecule has 24 heavy (non-hydrogen) atoms. The zero-order valence-corrected chi connectivity index (χ0v) is 15.7. The molecule has 0 saturated carbocycles. The standard InChI is InChI=1S/C15H23N3O4S.ClH/c1-4-5-6-10(9-16)17-15(19)11-7-14(23-3)13(22-2)8-12(11)18(20)21;/h7-8,10H,4-6,9,16H2,1-3H3,(H,17,19);1H. The lowest BCUT2D eigenvalue weighted by Crippen LogP contribution is -2.40. The van der Waals surface area contributed by atoms with Crippen LogP contribution >= 0.6 is 24.2 Å². The Morgan fingerprint density at radius 2 is 2.17 bits per heavy atom. The molecule has 9 heteroatoms. The van der Waals surface area contributed by atoms with Gasteiger partial charge in [-0.15, -0.1) is 24.2 Å².